The van der Waals surface area contributed by atoms with E-state index in [0.717, 1.165) is 62.9 Å². The molecule has 6 rings (SSSR count). The summed E-state index contributed by atoms with van der Waals surface area (Å²) < 4.78 is 3.60. The summed E-state index contributed by atoms with van der Waals surface area (Å²) in [6.07, 6.45) is 4.99. The molecule has 0 amide bonds. The lowest BCUT2D eigenvalue weighted by Crippen LogP contribution is -2.30. The molecule has 0 atom stereocenters. The van der Waals surface area contributed by atoms with Gasteiger partial charge in [0.05, 0.1) is 21.7 Å². The van der Waals surface area contributed by atoms with E-state index < -0.39 is 0 Å². The molecule has 1 saturated heterocycles. The van der Waals surface area contributed by atoms with Gasteiger partial charge < -0.3 is 9.47 Å². The maximum atomic E-state index is 13.4. The number of para-hydroxylation sites is 1. The van der Waals surface area contributed by atoms with E-state index in [1.165, 1.54) is 4.68 Å². The average molecular weight is 429 g/mol. The Morgan fingerprint density at radius 3 is 2.50 bits per heavy atom. The summed E-state index contributed by atoms with van der Waals surface area (Å²) in [5.41, 5.74) is 4.33. The lowest BCUT2D eigenvalue weighted by molar-refractivity contribution is -0.384. The Morgan fingerprint density at radius 1 is 0.969 bits per heavy atom. The van der Waals surface area contributed by atoms with Gasteiger partial charge in [0.2, 0.25) is 0 Å². The second-order valence-electron chi connectivity index (χ2n) is 8.64. The Morgan fingerprint density at radius 2 is 1.75 bits per heavy atom. The van der Waals surface area contributed by atoms with E-state index in [1.54, 1.807) is 6.07 Å². The average Bonchev–Trinajstić information content (AvgIpc) is 3.44. The highest BCUT2D eigenvalue weighted by molar-refractivity contribution is 5.99. The van der Waals surface area contributed by atoms with Crippen molar-refractivity contribution in [3.63, 3.8) is 0 Å². The van der Waals surface area contributed by atoms with Gasteiger partial charge in [-0.3, -0.25) is 14.9 Å². The quantitative estimate of drug-likeness (QED) is 0.361. The van der Waals surface area contributed by atoms with Crippen LogP contribution in [0.1, 0.15) is 31.4 Å². The number of nitrogens with zero attached hydrogens (tertiary/aromatic N) is 5. The maximum absolute atomic E-state index is 13.4. The first kappa shape index (κ1) is 19.0. The standard InChI is InChI=1S/C24H23N5O3/c30-24-22-18-10-7-13-27(18)19-15-20(26-11-5-2-6-12-26)21(29(31)32)14-17(19)23(22)25-28(24)16-8-3-1-4-9-16/h1,3-4,8-9,14-15H,2,5-7,10-13H2. The fourth-order valence-corrected chi connectivity index (χ4v) is 5.31. The zero-order valence-electron chi connectivity index (χ0n) is 17.7. The summed E-state index contributed by atoms with van der Waals surface area (Å²) >= 11 is 0. The molecule has 8 heteroatoms. The number of aromatic nitrogens is 3. The molecule has 0 unspecified atom stereocenters. The van der Waals surface area contributed by atoms with Crippen LogP contribution in [0.25, 0.3) is 27.8 Å². The predicted octanol–water partition coefficient (Wildman–Crippen LogP) is 4.14. The normalized spacial score (nSPS) is 16.1. The molecular weight excluding hydrogens is 406 g/mol. The summed E-state index contributed by atoms with van der Waals surface area (Å²) in [6, 6.07) is 12.9. The Balaban J connectivity index is 1.68. The van der Waals surface area contributed by atoms with Crippen LogP contribution in [0.2, 0.25) is 0 Å². The third-order valence-electron chi connectivity index (χ3n) is 6.79. The number of nitro benzene ring substituents is 1. The number of hydrogen-bond donors (Lipinski definition) is 0. The van der Waals surface area contributed by atoms with Crippen LogP contribution < -0.4 is 10.5 Å². The van der Waals surface area contributed by atoms with Crippen LogP contribution in [0.4, 0.5) is 11.4 Å². The minimum atomic E-state index is -0.306. The lowest BCUT2D eigenvalue weighted by Gasteiger charge is -2.29. The van der Waals surface area contributed by atoms with Crippen LogP contribution in [0, 0.1) is 10.1 Å². The molecule has 0 saturated carbocycles. The molecule has 0 aromatic heterocycles. The molecule has 4 aliphatic rings. The summed E-state index contributed by atoms with van der Waals surface area (Å²) in [4.78, 5) is 27.3. The van der Waals surface area contributed by atoms with Crippen LogP contribution in [0.3, 0.4) is 0 Å². The number of fused-ring (bicyclic) bond motifs is 6. The van der Waals surface area contributed by atoms with Gasteiger partial charge >= 0.3 is 0 Å². The van der Waals surface area contributed by atoms with E-state index in [0.29, 0.717) is 28.0 Å². The molecule has 4 heterocycles. The molecule has 162 valence electrons. The van der Waals surface area contributed by atoms with Gasteiger partial charge in [-0.1, -0.05) is 18.2 Å². The zero-order chi connectivity index (χ0) is 21.8. The van der Waals surface area contributed by atoms with Crippen molar-refractivity contribution < 1.29 is 4.92 Å². The SMILES string of the molecule is O=c1c2c3n(c4cc(N5CCCCC5)c([N+](=O)[O-])cc4c-2nn1-c1ccccc1)CCC3. The van der Waals surface area contributed by atoms with Gasteiger partial charge in [0.25, 0.3) is 11.2 Å². The van der Waals surface area contributed by atoms with Crippen molar-refractivity contribution in [1.82, 2.24) is 14.3 Å². The van der Waals surface area contributed by atoms with Gasteiger partial charge in [-0.2, -0.15) is 9.78 Å². The van der Waals surface area contributed by atoms with Crippen molar-refractivity contribution in [2.45, 2.75) is 38.6 Å². The van der Waals surface area contributed by atoms with Crippen LogP contribution in [0.15, 0.2) is 47.3 Å². The molecule has 32 heavy (non-hydrogen) atoms. The van der Waals surface area contributed by atoms with Gasteiger partial charge in [0, 0.05) is 36.8 Å². The number of piperidine rings is 1. The first-order chi connectivity index (χ1) is 15.6. The Hall–Kier alpha value is -3.68. The predicted molar refractivity (Wildman–Crippen MR) is 123 cm³/mol. The van der Waals surface area contributed by atoms with Gasteiger partial charge in [-0.25, -0.2) is 0 Å². The van der Waals surface area contributed by atoms with Crippen molar-refractivity contribution in [1.29, 1.82) is 0 Å². The van der Waals surface area contributed by atoms with Crippen LogP contribution >= 0.6 is 0 Å². The van der Waals surface area contributed by atoms with Gasteiger partial charge in [-0.15, -0.1) is 0 Å². The summed E-state index contributed by atoms with van der Waals surface area (Å²) in [7, 11) is 0. The number of hydrogen-bond acceptors (Lipinski definition) is 5. The molecule has 0 bridgehead atoms. The van der Waals surface area contributed by atoms with E-state index in [-0.39, 0.29) is 16.2 Å². The highest BCUT2D eigenvalue weighted by atomic mass is 16.6. The fraction of sp³-hybridized carbons (Fsp3) is 0.333. The third kappa shape index (κ3) is 2.75. The molecule has 0 N–H and O–H groups in total. The molecule has 4 aliphatic heterocycles. The molecule has 2 aromatic carbocycles. The van der Waals surface area contributed by atoms with Gasteiger partial charge in [0.15, 0.2) is 0 Å². The molecule has 2 aromatic rings. The Bertz CT molecular complexity index is 1380. The van der Waals surface area contributed by atoms with Crippen molar-refractivity contribution in [3.8, 4) is 16.9 Å². The highest BCUT2D eigenvalue weighted by Crippen LogP contribution is 2.41. The van der Waals surface area contributed by atoms with Crippen molar-refractivity contribution >= 4 is 22.3 Å². The number of rotatable bonds is 3. The number of pyridine rings is 1. The highest BCUT2D eigenvalue weighted by Gasteiger charge is 2.31. The zero-order valence-corrected chi connectivity index (χ0v) is 17.7. The molecule has 0 aliphatic carbocycles. The third-order valence-corrected chi connectivity index (χ3v) is 6.79. The second kappa shape index (κ2) is 7.19. The Labute approximate surface area is 184 Å². The van der Waals surface area contributed by atoms with Crippen LogP contribution in [-0.4, -0.2) is 32.4 Å². The van der Waals surface area contributed by atoms with Crippen LogP contribution in [-0.2, 0) is 13.0 Å². The van der Waals surface area contributed by atoms with E-state index >= 15 is 0 Å². The maximum Gasteiger partial charge on any atom is 0.293 e. The fourth-order valence-electron chi connectivity index (χ4n) is 5.31. The summed E-state index contributed by atoms with van der Waals surface area (Å²) in [5.74, 6) is 0. The van der Waals surface area contributed by atoms with Crippen molar-refractivity contribution in [2.24, 2.45) is 0 Å². The monoisotopic (exact) mass is 429 g/mol. The van der Waals surface area contributed by atoms with Gasteiger partial charge in [0.1, 0.15) is 11.4 Å². The number of anilines is 1. The minimum absolute atomic E-state index is 0.0842. The Kier molecular flexibility index (Phi) is 4.28. The van der Waals surface area contributed by atoms with E-state index in [9.17, 15) is 14.9 Å². The molecule has 8 nitrogen and oxygen atoms in total. The lowest BCUT2D eigenvalue weighted by atomic mass is 10.0. The van der Waals surface area contributed by atoms with E-state index in [1.807, 2.05) is 36.4 Å². The number of nitro groups is 1. The van der Waals surface area contributed by atoms with E-state index in [2.05, 4.69) is 14.6 Å². The second-order valence-corrected chi connectivity index (χ2v) is 8.64. The molecule has 1 fully saturated rings. The summed E-state index contributed by atoms with van der Waals surface area (Å²) in [6.45, 7) is 2.46. The van der Waals surface area contributed by atoms with Crippen molar-refractivity contribution in [3.05, 3.63) is 68.6 Å². The first-order valence-electron chi connectivity index (χ1n) is 11.2. The smallest absolute Gasteiger partial charge is 0.293 e. The topological polar surface area (TPSA) is 86.2 Å². The number of benzene rings is 2. The largest absolute Gasteiger partial charge is 0.366 e. The molecular formula is C24H23N5O3. The van der Waals surface area contributed by atoms with Gasteiger partial charge in [-0.05, 0) is 50.3 Å². The first-order valence-corrected chi connectivity index (χ1v) is 11.2. The molecule has 0 radical (unpaired) electrons. The molecule has 0 spiro atoms. The van der Waals surface area contributed by atoms with Crippen molar-refractivity contribution in [2.75, 3.05) is 18.0 Å². The summed E-state index contributed by atoms with van der Waals surface area (Å²) in [5, 5.41) is 17.4. The number of aryl methyl sites for hydroxylation is 1. The van der Waals surface area contributed by atoms with Crippen LogP contribution in [0.5, 0.6) is 0 Å². The van der Waals surface area contributed by atoms with E-state index in [4.69, 9.17) is 0 Å². The minimum Gasteiger partial charge on any atom is -0.366 e.